The fourth-order valence-corrected chi connectivity index (χ4v) is 2.24. The summed E-state index contributed by atoms with van der Waals surface area (Å²) in [6.45, 7) is 6.99. The maximum atomic E-state index is 5.46. The lowest BCUT2D eigenvalue weighted by Gasteiger charge is -2.10. The number of aryl methyl sites for hydroxylation is 2. The molecule has 0 aliphatic rings. The number of benzene rings is 1. The van der Waals surface area contributed by atoms with Gasteiger partial charge in [-0.25, -0.2) is 0 Å². The molecule has 1 aromatic carbocycles. The number of thioether (sulfide) groups is 1. The van der Waals surface area contributed by atoms with Crippen molar-refractivity contribution in [1.29, 1.82) is 0 Å². The highest BCUT2D eigenvalue weighted by atomic mass is 32.2. The SMILES string of the molecule is CCOc1cc(C)c(SC)c(C)c1. The first-order valence-electron chi connectivity index (χ1n) is 4.47. The van der Waals surface area contributed by atoms with Crippen molar-refractivity contribution in [3.63, 3.8) is 0 Å². The van der Waals surface area contributed by atoms with Crippen molar-refractivity contribution in [2.45, 2.75) is 25.7 Å². The Bertz CT molecular complexity index is 271. The Morgan fingerprint density at radius 1 is 1.23 bits per heavy atom. The third-order valence-corrected chi connectivity index (χ3v) is 3.00. The Morgan fingerprint density at radius 2 is 1.77 bits per heavy atom. The molecule has 0 fully saturated rings. The largest absolute Gasteiger partial charge is 0.494 e. The molecule has 0 spiro atoms. The topological polar surface area (TPSA) is 9.23 Å². The highest BCUT2D eigenvalue weighted by molar-refractivity contribution is 7.98. The van der Waals surface area contributed by atoms with E-state index in [0.717, 1.165) is 12.4 Å². The molecule has 0 radical (unpaired) electrons. The van der Waals surface area contributed by atoms with Crippen LogP contribution in [-0.4, -0.2) is 12.9 Å². The van der Waals surface area contributed by atoms with Crippen molar-refractivity contribution < 1.29 is 4.74 Å². The monoisotopic (exact) mass is 196 g/mol. The van der Waals surface area contributed by atoms with Crippen LogP contribution in [0, 0.1) is 13.8 Å². The van der Waals surface area contributed by atoms with Gasteiger partial charge in [0.25, 0.3) is 0 Å². The molecule has 2 heteroatoms. The van der Waals surface area contributed by atoms with Gasteiger partial charge in [-0.3, -0.25) is 0 Å². The van der Waals surface area contributed by atoms with E-state index in [1.54, 1.807) is 11.8 Å². The lowest BCUT2D eigenvalue weighted by molar-refractivity contribution is 0.339. The fourth-order valence-electron chi connectivity index (χ4n) is 1.48. The molecule has 72 valence electrons. The summed E-state index contributed by atoms with van der Waals surface area (Å²) in [4.78, 5) is 1.36. The van der Waals surface area contributed by atoms with Crippen LogP contribution in [0.4, 0.5) is 0 Å². The molecule has 0 unspecified atom stereocenters. The lowest BCUT2D eigenvalue weighted by Crippen LogP contribution is -1.94. The fraction of sp³-hybridized carbons (Fsp3) is 0.455. The van der Waals surface area contributed by atoms with Gasteiger partial charge in [-0.2, -0.15) is 0 Å². The standard InChI is InChI=1S/C11H16OS/c1-5-12-10-6-8(2)11(13-4)9(3)7-10/h6-7H,5H2,1-4H3. The summed E-state index contributed by atoms with van der Waals surface area (Å²) in [7, 11) is 0. The van der Waals surface area contributed by atoms with E-state index < -0.39 is 0 Å². The van der Waals surface area contributed by atoms with Gasteiger partial charge in [-0.15, -0.1) is 11.8 Å². The van der Waals surface area contributed by atoms with Crippen LogP contribution in [-0.2, 0) is 0 Å². The van der Waals surface area contributed by atoms with Gasteiger partial charge in [0.1, 0.15) is 5.75 Å². The maximum Gasteiger partial charge on any atom is 0.119 e. The van der Waals surface area contributed by atoms with Gasteiger partial charge in [0.15, 0.2) is 0 Å². The molecule has 1 rings (SSSR count). The molecule has 0 aliphatic carbocycles. The molecule has 1 aromatic rings. The second-order valence-corrected chi connectivity index (χ2v) is 3.84. The number of rotatable bonds is 3. The van der Waals surface area contributed by atoms with Crippen molar-refractivity contribution in [3.8, 4) is 5.75 Å². The second-order valence-electron chi connectivity index (χ2n) is 3.02. The van der Waals surface area contributed by atoms with E-state index in [2.05, 4.69) is 32.2 Å². The summed E-state index contributed by atoms with van der Waals surface area (Å²) >= 11 is 1.79. The van der Waals surface area contributed by atoms with Gasteiger partial charge in [-0.1, -0.05) is 0 Å². The molecular formula is C11H16OS. The van der Waals surface area contributed by atoms with Crippen molar-refractivity contribution in [2.75, 3.05) is 12.9 Å². The molecule has 0 saturated carbocycles. The van der Waals surface area contributed by atoms with Crippen molar-refractivity contribution in [2.24, 2.45) is 0 Å². The van der Waals surface area contributed by atoms with Gasteiger partial charge in [0, 0.05) is 4.90 Å². The Balaban J connectivity index is 3.05. The highest BCUT2D eigenvalue weighted by Gasteiger charge is 2.03. The predicted molar refractivity (Wildman–Crippen MR) is 58.9 cm³/mol. The molecule has 0 saturated heterocycles. The second kappa shape index (κ2) is 4.56. The zero-order valence-electron chi connectivity index (χ0n) is 8.68. The summed E-state index contributed by atoms with van der Waals surface area (Å²) < 4.78 is 5.46. The third kappa shape index (κ3) is 2.41. The van der Waals surface area contributed by atoms with E-state index in [1.807, 2.05) is 6.92 Å². The first kappa shape index (κ1) is 10.5. The van der Waals surface area contributed by atoms with E-state index in [4.69, 9.17) is 4.74 Å². The molecule has 0 N–H and O–H groups in total. The van der Waals surface area contributed by atoms with Crippen molar-refractivity contribution in [3.05, 3.63) is 23.3 Å². The van der Waals surface area contributed by atoms with Gasteiger partial charge >= 0.3 is 0 Å². The molecule has 0 bridgehead atoms. The quantitative estimate of drug-likeness (QED) is 0.685. The number of hydrogen-bond acceptors (Lipinski definition) is 2. The van der Waals surface area contributed by atoms with Gasteiger partial charge in [-0.05, 0) is 50.3 Å². The summed E-state index contributed by atoms with van der Waals surface area (Å²) in [5.41, 5.74) is 2.60. The van der Waals surface area contributed by atoms with Crippen LogP contribution in [0.15, 0.2) is 17.0 Å². The maximum absolute atomic E-state index is 5.46. The van der Waals surface area contributed by atoms with E-state index in [0.29, 0.717) is 0 Å². The van der Waals surface area contributed by atoms with E-state index in [1.165, 1.54) is 16.0 Å². The van der Waals surface area contributed by atoms with Crippen LogP contribution in [0.25, 0.3) is 0 Å². The van der Waals surface area contributed by atoms with Crippen molar-refractivity contribution >= 4 is 11.8 Å². The molecule has 0 aromatic heterocycles. The smallest absolute Gasteiger partial charge is 0.119 e. The van der Waals surface area contributed by atoms with Crippen LogP contribution in [0.3, 0.4) is 0 Å². The Labute approximate surface area is 84.5 Å². The van der Waals surface area contributed by atoms with Crippen LogP contribution in [0.5, 0.6) is 5.75 Å². The molecule has 0 heterocycles. The minimum atomic E-state index is 0.734. The molecule has 1 nitrogen and oxygen atoms in total. The predicted octanol–water partition coefficient (Wildman–Crippen LogP) is 3.42. The van der Waals surface area contributed by atoms with E-state index >= 15 is 0 Å². The van der Waals surface area contributed by atoms with Crippen molar-refractivity contribution in [1.82, 2.24) is 0 Å². The molecule has 0 aliphatic heterocycles. The summed E-state index contributed by atoms with van der Waals surface area (Å²) in [5.74, 6) is 0.982. The minimum absolute atomic E-state index is 0.734. The van der Waals surface area contributed by atoms with Crippen LogP contribution >= 0.6 is 11.8 Å². The zero-order chi connectivity index (χ0) is 9.84. The van der Waals surface area contributed by atoms with E-state index in [-0.39, 0.29) is 0 Å². The Morgan fingerprint density at radius 3 is 2.15 bits per heavy atom. The molecule has 0 amide bonds. The minimum Gasteiger partial charge on any atom is -0.494 e. The number of ether oxygens (including phenoxy) is 1. The van der Waals surface area contributed by atoms with Gasteiger partial charge < -0.3 is 4.74 Å². The van der Waals surface area contributed by atoms with Crippen LogP contribution < -0.4 is 4.74 Å². The average Bonchev–Trinajstić information content (AvgIpc) is 2.04. The Kier molecular flexibility index (Phi) is 3.67. The highest BCUT2D eigenvalue weighted by Crippen LogP contribution is 2.28. The normalized spacial score (nSPS) is 10.2. The third-order valence-electron chi connectivity index (χ3n) is 1.95. The van der Waals surface area contributed by atoms with Gasteiger partial charge in [0.05, 0.1) is 6.61 Å². The van der Waals surface area contributed by atoms with Crippen LogP contribution in [0.2, 0.25) is 0 Å². The summed E-state index contributed by atoms with van der Waals surface area (Å²) in [6.07, 6.45) is 2.11. The van der Waals surface area contributed by atoms with Gasteiger partial charge in [0.2, 0.25) is 0 Å². The molecular weight excluding hydrogens is 180 g/mol. The molecule has 13 heavy (non-hydrogen) atoms. The first-order chi connectivity index (χ1) is 6.19. The number of hydrogen-bond donors (Lipinski definition) is 0. The van der Waals surface area contributed by atoms with E-state index in [9.17, 15) is 0 Å². The summed E-state index contributed by atoms with van der Waals surface area (Å²) in [5, 5.41) is 0. The first-order valence-corrected chi connectivity index (χ1v) is 5.69. The zero-order valence-corrected chi connectivity index (χ0v) is 9.49. The summed E-state index contributed by atoms with van der Waals surface area (Å²) in [6, 6.07) is 4.20. The molecule has 0 atom stereocenters. The lowest BCUT2D eigenvalue weighted by atomic mass is 10.1. The van der Waals surface area contributed by atoms with Crippen LogP contribution in [0.1, 0.15) is 18.1 Å². The average molecular weight is 196 g/mol. The Hall–Kier alpha value is -0.630.